The van der Waals surface area contributed by atoms with Crippen LogP contribution in [0.3, 0.4) is 0 Å². The number of hydrogen-bond donors (Lipinski definition) is 2. The van der Waals surface area contributed by atoms with Gasteiger partial charge < -0.3 is 29.5 Å². The summed E-state index contributed by atoms with van der Waals surface area (Å²) in [5, 5.41) is 14.3. The number of amides is 1. The first kappa shape index (κ1) is 29.1. The minimum Gasteiger partial charge on any atom is -0.486 e. The zero-order chi connectivity index (χ0) is 25.8. The number of alkyl halides is 1. The maximum absolute atomic E-state index is 12.8. The molecule has 0 unspecified atom stereocenters. The molecule has 2 atom stereocenters. The number of fused-ring (bicyclic) bond motifs is 1. The van der Waals surface area contributed by atoms with Gasteiger partial charge in [-0.3, -0.25) is 9.59 Å². The van der Waals surface area contributed by atoms with Crippen LogP contribution in [0.2, 0.25) is 0 Å². The van der Waals surface area contributed by atoms with Crippen LogP contribution in [0.5, 0.6) is 11.5 Å². The van der Waals surface area contributed by atoms with Gasteiger partial charge in [0, 0.05) is 38.5 Å². The third-order valence-electron chi connectivity index (χ3n) is 7.04. The number of hydrogen-bond acceptors (Lipinski definition) is 7. The van der Waals surface area contributed by atoms with Crippen LogP contribution in [-0.4, -0.2) is 78.7 Å². The van der Waals surface area contributed by atoms with Crippen molar-refractivity contribution in [2.75, 3.05) is 51.0 Å². The van der Waals surface area contributed by atoms with E-state index in [1.807, 2.05) is 23.1 Å². The quantitative estimate of drug-likeness (QED) is 0.223. The average molecular weight is 617 g/mol. The first-order valence-corrected chi connectivity index (χ1v) is 15.3. The number of nitrogens with one attached hydrogen (secondary N) is 1. The highest BCUT2D eigenvalue weighted by Crippen LogP contribution is 2.33. The van der Waals surface area contributed by atoms with Crippen molar-refractivity contribution in [1.82, 2.24) is 10.2 Å². The molecule has 1 aromatic carbocycles. The molecule has 8 nitrogen and oxygen atoms in total. The van der Waals surface area contributed by atoms with Gasteiger partial charge in [0.15, 0.2) is 11.5 Å². The number of nitrogens with zero attached hydrogens (tertiary/aromatic N) is 1. The Morgan fingerprint density at radius 1 is 1.03 bits per heavy atom. The van der Waals surface area contributed by atoms with Crippen molar-refractivity contribution in [3.8, 4) is 11.5 Å². The van der Waals surface area contributed by atoms with Crippen LogP contribution in [0.15, 0.2) is 18.2 Å². The fourth-order valence-corrected chi connectivity index (χ4v) is 5.03. The van der Waals surface area contributed by atoms with Gasteiger partial charge in [-0.1, -0.05) is 28.7 Å². The zero-order valence-electron chi connectivity index (χ0n) is 21.4. The number of carbonyl (C=O) groups excluding carboxylic acids is 2. The molecule has 0 aliphatic carbocycles. The van der Waals surface area contributed by atoms with Crippen LogP contribution >= 0.6 is 22.6 Å². The van der Waals surface area contributed by atoms with Gasteiger partial charge in [-0.05, 0) is 74.2 Å². The summed E-state index contributed by atoms with van der Waals surface area (Å²) in [5.74, 6) is 1.64. The summed E-state index contributed by atoms with van der Waals surface area (Å²) in [6, 6.07) is 5.04. The van der Waals surface area contributed by atoms with Crippen LogP contribution in [0.25, 0.3) is 0 Å². The Bertz CT molecular complexity index is 826. The number of carbonyl (C=O) groups is 2. The molecule has 0 bridgehead atoms. The van der Waals surface area contributed by atoms with E-state index in [4.69, 9.17) is 14.2 Å². The van der Waals surface area contributed by atoms with Crippen molar-refractivity contribution in [1.29, 1.82) is 0 Å². The first-order valence-electron chi connectivity index (χ1n) is 13.2. The maximum Gasteiger partial charge on any atom is 0.220 e. The van der Waals surface area contributed by atoms with E-state index >= 15 is 0 Å². The van der Waals surface area contributed by atoms with Crippen molar-refractivity contribution in [3.63, 3.8) is 0 Å². The summed E-state index contributed by atoms with van der Waals surface area (Å²) in [6.45, 7) is 4.90. The molecule has 0 aromatic heterocycles. The molecule has 2 N–H and O–H groups in total. The Morgan fingerprint density at radius 3 is 2.42 bits per heavy atom. The topological polar surface area (TPSA) is 97.3 Å². The number of rotatable bonds is 11. The molecule has 36 heavy (non-hydrogen) atoms. The Hall–Kier alpha value is -1.43. The third-order valence-corrected chi connectivity index (χ3v) is 7.04. The van der Waals surface area contributed by atoms with Gasteiger partial charge in [0.1, 0.15) is 25.1 Å². The Kier molecular flexibility index (Phi) is 12.7. The molecule has 0 spiro atoms. The van der Waals surface area contributed by atoms with Gasteiger partial charge in [-0.15, -0.1) is 0 Å². The number of unbranched alkanes of at least 4 members (excludes halogenated alkanes) is 1. The van der Waals surface area contributed by atoms with Gasteiger partial charge >= 0.3 is 0 Å². The van der Waals surface area contributed by atoms with Gasteiger partial charge in [0.2, 0.25) is 5.91 Å². The number of aliphatic hydroxyl groups is 1. The standard InChI is InChI=1S/C26H38N2O6.CH3I/c29-22(19-9-13-32-14-10-19)5-1-2-6-25(30)27-21(18-28-11-3-4-12-28)26(31)20-7-8-23-24(17-20)34-16-15-33-23;1-2/h7-8,17,19,21,26,31H,1-6,9-16,18H2,(H,27,30);1H3/t21-,26-;/m1./s1. The van der Waals surface area contributed by atoms with Crippen molar-refractivity contribution in [2.45, 2.75) is 63.5 Å². The Labute approximate surface area is 228 Å². The number of halogens is 1. The molecule has 3 aliphatic heterocycles. The minimum absolute atomic E-state index is 0.0840. The van der Waals surface area contributed by atoms with Gasteiger partial charge in [0.05, 0.1) is 6.04 Å². The molecule has 1 amide bonds. The van der Waals surface area contributed by atoms with E-state index in [2.05, 4.69) is 32.8 Å². The molecule has 0 radical (unpaired) electrons. The normalized spacial score (nSPS) is 19.6. The molecule has 3 heterocycles. The second kappa shape index (κ2) is 15.7. The monoisotopic (exact) mass is 616 g/mol. The molecule has 202 valence electrons. The van der Waals surface area contributed by atoms with E-state index in [0.717, 1.165) is 38.8 Å². The van der Waals surface area contributed by atoms with Crippen LogP contribution in [0.1, 0.15) is 63.0 Å². The van der Waals surface area contributed by atoms with Gasteiger partial charge in [-0.2, -0.15) is 0 Å². The zero-order valence-corrected chi connectivity index (χ0v) is 23.5. The summed E-state index contributed by atoms with van der Waals surface area (Å²) in [6.07, 6.45) is 5.31. The smallest absolute Gasteiger partial charge is 0.220 e. The van der Waals surface area contributed by atoms with E-state index in [0.29, 0.717) is 81.5 Å². The molecule has 1 aromatic rings. The molecule has 2 fully saturated rings. The van der Waals surface area contributed by atoms with Crippen LogP contribution in [0, 0.1) is 5.92 Å². The summed E-state index contributed by atoms with van der Waals surface area (Å²) in [4.78, 5) is 29.4. The lowest BCUT2D eigenvalue weighted by atomic mass is 9.92. The van der Waals surface area contributed by atoms with Crippen LogP contribution in [0.4, 0.5) is 0 Å². The van der Waals surface area contributed by atoms with Crippen molar-refractivity contribution in [3.05, 3.63) is 23.8 Å². The second-order valence-electron chi connectivity index (χ2n) is 9.59. The molecule has 0 saturated carbocycles. The lowest BCUT2D eigenvalue weighted by Crippen LogP contribution is -2.46. The molecular formula is C27H41IN2O6. The van der Waals surface area contributed by atoms with E-state index in [-0.39, 0.29) is 11.8 Å². The lowest BCUT2D eigenvalue weighted by Gasteiger charge is -2.29. The second-order valence-corrected chi connectivity index (χ2v) is 9.59. The molecule has 3 aliphatic rings. The van der Waals surface area contributed by atoms with Gasteiger partial charge in [0.25, 0.3) is 0 Å². The molecule has 4 rings (SSSR count). The number of ketones is 1. The number of likely N-dealkylation sites (tertiary alicyclic amines) is 1. The number of benzene rings is 1. The van der Waals surface area contributed by atoms with Crippen molar-refractivity contribution in [2.24, 2.45) is 5.92 Å². The predicted octanol–water partition coefficient (Wildman–Crippen LogP) is 3.68. The molecular weight excluding hydrogens is 575 g/mol. The van der Waals surface area contributed by atoms with Crippen LogP contribution in [-0.2, 0) is 14.3 Å². The average Bonchev–Trinajstić information content (AvgIpc) is 3.45. The first-order chi connectivity index (χ1) is 17.6. The predicted molar refractivity (Wildman–Crippen MR) is 147 cm³/mol. The lowest BCUT2D eigenvalue weighted by molar-refractivity contribution is -0.126. The highest BCUT2D eigenvalue weighted by Gasteiger charge is 2.28. The van der Waals surface area contributed by atoms with Gasteiger partial charge in [-0.25, -0.2) is 0 Å². The van der Waals surface area contributed by atoms with E-state index in [1.54, 1.807) is 0 Å². The van der Waals surface area contributed by atoms with E-state index in [1.165, 1.54) is 0 Å². The van der Waals surface area contributed by atoms with Crippen molar-refractivity contribution >= 4 is 34.3 Å². The number of Topliss-reactive ketones (excluding diaryl/α,β-unsaturated/α-hetero) is 1. The summed E-state index contributed by atoms with van der Waals surface area (Å²) < 4.78 is 16.6. The van der Waals surface area contributed by atoms with E-state index in [9.17, 15) is 14.7 Å². The summed E-state index contributed by atoms with van der Waals surface area (Å²) in [7, 11) is 0. The summed E-state index contributed by atoms with van der Waals surface area (Å²) >= 11 is 2.15. The maximum atomic E-state index is 12.8. The number of ether oxygens (including phenoxy) is 3. The van der Waals surface area contributed by atoms with Crippen molar-refractivity contribution < 1.29 is 28.9 Å². The fourth-order valence-electron chi connectivity index (χ4n) is 5.03. The molecule has 2 saturated heterocycles. The van der Waals surface area contributed by atoms with E-state index < -0.39 is 12.1 Å². The minimum atomic E-state index is -0.851. The third kappa shape index (κ3) is 8.85. The summed E-state index contributed by atoms with van der Waals surface area (Å²) in [5.41, 5.74) is 0.704. The molecule has 9 heteroatoms. The Morgan fingerprint density at radius 2 is 1.69 bits per heavy atom. The Balaban J connectivity index is 0.00000176. The fraction of sp³-hybridized carbons (Fsp3) is 0.704. The SMILES string of the molecule is CI.O=C(CCCCC(=O)C1CCOCC1)N[C@H](CN1CCCC1)[C@H](O)c1ccc2c(c1)OCCO2. The highest BCUT2D eigenvalue weighted by molar-refractivity contribution is 14.1. The highest BCUT2D eigenvalue weighted by atomic mass is 127. The van der Waals surface area contributed by atoms with Crippen LogP contribution < -0.4 is 14.8 Å². The largest absolute Gasteiger partial charge is 0.486 e. The number of aliphatic hydroxyl groups excluding tert-OH is 1.